The quantitative estimate of drug-likeness (QED) is 0.739. The Morgan fingerprint density at radius 2 is 2.00 bits per heavy atom. The maximum absolute atomic E-state index is 14.1. The number of nitrogen functional groups attached to an aromatic ring is 1. The molecular formula is C14H11ClFN5. The standard InChI is InChI=1S/C14H11ClFN5/c1-8-2-5-13(11(16)6-8)21-14(18-19-20-21)10-4-3-9(15)7-12(10)17/h2-7H,17H2,1H3. The normalized spacial score (nSPS) is 10.8. The summed E-state index contributed by atoms with van der Waals surface area (Å²) in [4.78, 5) is 0. The number of nitrogens with zero attached hydrogens (tertiary/aromatic N) is 4. The molecule has 0 saturated heterocycles. The Morgan fingerprint density at radius 3 is 2.71 bits per heavy atom. The molecule has 2 N–H and O–H groups in total. The van der Waals surface area contributed by atoms with Gasteiger partial charge in [-0.3, -0.25) is 0 Å². The van der Waals surface area contributed by atoms with Gasteiger partial charge in [-0.1, -0.05) is 17.7 Å². The average Bonchev–Trinajstić information content (AvgIpc) is 2.87. The molecule has 2 aromatic carbocycles. The van der Waals surface area contributed by atoms with E-state index in [9.17, 15) is 4.39 Å². The lowest BCUT2D eigenvalue weighted by atomic mass is 10.1. The van der Waals surface area contributed by atoms with Crippen molar-refractivity contribution in [1.82, 2.24) is 20.2 Å². The summed E-state index contributed by atoms with van der Waals surface area (Å²) in [6, 6.07) is 9.81. The minimum Gasteiger partial charge on any atom is -0.398 e. The Balaban J connectivity index is 2.17. The second kappa shape index (κ2) is 5.14. The van der Waals surface area contributed by atoms with Crippen LogP contribution in [0.4, 0.5) is 10.1 Å². The summed E-state index contributed by atoms with van der Waals surface area (Å²) in [6.45, 7) is 1.81. The lowest BCUT2D eigenvalue weighted by Crippen LogP contribution is -2.04. The van der Waals surface area contributed by atoms with Crippen molar-refractivity contribution in [2.45, 2.75) is 6.92 Å². The van der Waals surface area contributed by atoms with Crippen molar-refractivity contribution in [3.05, 3.63) is 52.8 Å². The molecule has 3 aromatic rings. The third kappa shape index (κ3) is 2.45. The van der Waals surface area contributed by atoms with Crippen LogP contribution in [0.2, 0.25) is 5.02 Å². The van der Waals surface area contributed by atoms with Crippen LogP contribution in [-0.2, 0) is 0 Å². The molecule has 0 saturated carbocycles. The minimum absolute atomic E-state index is 0.259. The van der Waals surface area contributed by atoms with E-state index in [1.54, 1.807) is 30.3 Å². The Bertz CT molecular complexity index is 749. The van der Waals surface area contributed by atoms with E-state index in [0.29, 0.717) is 22.1 Å². The summed E-state index contributed by atoms with van der Waals surface area (Å²) >= 11 is 5.88. The summed E-state index contributed by atoms with van der Waals surface area (Å²) in [5.41, 5.74) is 8.02. The molecule has 3 rings (SSSR count). The summed E-state index contributed by atoms with van der Waals surface area (Å²) in [5.74, 6) is -0.0528. The van der Waals surface area contributed by atoms with Crippen LogP contribution in [0.1, 0.15) is 5.56 Å². The highest BCUT2D eigenvalue weighted by molar-refractivity contribution is 6.31. The molecular weight excluding hydrogens is 293 g/mol. The Morgan fingerprint density at radius 1 is 1.19 bits per heavy atom. The van der Waals surface area contributed by atoms with E-state index in [2.05, 4.69) is 15.5 Å². The van der Waals surface area contributed by atoms with E-state index in [4.69, 9.17) is 17.3 Å². The monoisotopic (exact) mass is 303 g/mol. The molecule has 1 aromatic heterocycles. The van der Waals surface area contributed by atoms with Crippen LogP contribution in [-0.4, -0.2) is 20.2 Å². The van der Waals surface area contributed by atoms with E-state index in [-0.39, 0.29) is 5.69 Å². The molecule has 0 aliphatic carbocycles. The first kappa shape index (κ1) is 13.5. The molecule has 106 valence electrons. The van der Waals surface area contributed by atoms with E-state index < -0.39 is 5.82 Å². The lowest BCUT2D eigenvalue weighted by Gasteiger charge is -2.08. The third-order valence-electron chi connectivity index (χ3n) is 3.06. The molecule has 0 aliphatic heterocycles. The molecule has 0 unspecified atom stereocenters. The first-order valence-corrected chi connectivity index (χ1v) is 6.54. The number of hydrogen-bond acceptors (Lipinski definition) is 4. The van der Waals surface area contributed by atoms with E-state index in [1.165, 1.54) is 10.7 Å². The molecule has 5 nitrogen and oxygen atoms in total. The Hall–Kier alpha value is -2.47. The molecule has 0 aliphatic rings. The summed E-state index contributed by atoms with van der Waals surface area (Å²) in [7, 11) is 0. The molecule has 0 atom stereocenters. The number of rotatable bonds is 2. The van der Waals surface area contributed by atoms with Gasteiger partial charge >= 0.3 is 0 Å². The zero-order valence-electron chi connectivity index (χ0n) is 11.1. The van der Waals surface area contributed by atoms with Crippen LogP contribution < -0.4 is 5.73 Å². The van der Waals surface area contributed by atoms with E-state index in [0.717, 1.165) is 5.56 Å². The van der Waals surface area contributed by atoms with Gasteiger partial charge < -0.3 is 5.73 Å². The second-order valence-electron chi connectivity index (χ2n) is 4.60. The van der Waals surface area contributed by atoms with Crippen molar-refractivity contribution in [2.24, 2.45) is 0 Å². The van der Waals surface area contributed by atoms with Gasteiger partial charge in [-0.15, -0.1) is 5.10 Å². The van der Waals surface area contributed by atoms with Gasteiger partial charge in [0, 0.05) is 16.3 Å². The number of tetrazole rings is 1. The molecule has 0 fully saturated rings. The number of hydrogen-bond donors (Lipinski definition) is 1. The highest BCUT2D eigenvalue weighted by atomic mass is 35.5. The van der Waals surface area contributed by atoms with E-state index >= 15 is 0 Å². The van der Waals surface area contributed by atoms with Crippen molar-refractivity contribution in [3.8, 4) is 17.1 Å². The number of aromatic nitrogens is 4. The van der Waals surface area contributed by atoms with E-state index in [1.807, 2.05) is 6.92 Å². The smallest absolute Gasteiger partial charge is 0.189 e. The molecule has 21 heavy (non-hydrogen) atoms. The van der Waals surface area contributed by atoms with Crippen LogP contribution in [0.15, 0.2) is 36.4 Å². The SMILES string of the molecule is Cc1ccc(-n2nnnc2-c2ccc(Cl)cc2N)c(F)c1. The van der Waals surface area contributed by atoms with Gasteiger partial charge in [0.25, 0.3) is 0 Å². The van der Waals surface area contributed by atoms with Gasteiger partial charge in [-0.05, 0) is 53.2 Å². The van der Waals surface area contributed by atoms with Crippen molar-refractivity contribution in [1.29, 1.82) is 0 Å². The zero-order valence-corrected chi connectivity index (χ0v) is 11.8. The lowest BCUT2D eigenvalue weighted by molar-refractivity contribution is 0.606. The fourth-order valence-corrected chi connectivity index (χ4v) is 2.22. The summed E-state index contributed by atoms with van der Waals surface area (Å²) in [5, 5.41) is 11.9. The topological polar surface area (TPSA) is 69.6 Å². The van der Waals surface area contributed by atoms with Gasteiger partial charge in [-0.2, -0.15) is 4.68 Å². The van der Waals surface area contributed by atoms with Crippen LogP contribution in [0.5, 0.6) is 0 Å². The molecule has 7 heteroatoms. The number of aryl methyl sites for hydroxylation is 1. The molecule has 0 amide bonds. The fourth-order valence-electron chi connectivity index (χ4n) is 2.04. The number of anilines is 1. The van der Waals surface area contributed by atoms with Crippen LogP contribution in [0.3, 0.4) is 0 Å². The van der Waals surface area contributed by atoms with Crippen molar-refractivity contribution in [2.75, 3.05) is 5.73 Å². The fraction of sp³-hybridized carbons (Fsp3) is 0.0714. The predicted molar refractivity (Wildman–Crippen MR) is 78.7 cm³/mol. The Kier molecular flexibility index (Phi) is 3.31. The first-order chi connectivity index (χ1) is 10.1. The van der Waals surface area contributed by atoms with Crippen LogP contribution in [0.25, 0.3) is 17.1 Å². The number of benzene rings is 2. The molecule has 0 bridgehead atoms. The molecule has 1 heterocycles. The molecule has 0 spiro atoms. The summed E-state index contributed by atoms with van der Waals surface area (Å²) in [6.07, 6.45) is 0. The highest BCUT2D eigenvalue weighted by Crippen LogP contribution is 2.28. The zero-order chi connectivity index (χ0) is 15.0. The van der Waals surface area contributed by atoms with Gasteiger partial charge in [0.05, 0.1) is 0 Å². The Labute approximate surface area is 125 Å². The maximum atomic E-state index is 14.1. The summed E-state index contributed by atoms with van der Waals surface area (Å²) < 4.78 is 15.4. The van der Waals surface area contributed by atoms with Gasteiger partial charge in [0.1, 0.15) is 11.5 Å². The predicted octanol–water partition coefficient (Wildman–Crippen LogP) is 3.01. The number of halogens is 2. The third-order valence-corrected chi connectivity index (χ3v) is 3.29. The van der Waals surface area contributed by atoms with Crippen molar-refractivity contribution >= 4 is 17.3 Å². The van der Waals surface area contributed by atoms with Crippen LogP contribution in [0, 0.1) is 12.7 Å². The second-order valence-corrected chi connectivity index (χ2v) is 5.04. The van der Waals surface area contributed by atoms with Crippen molar-refractivity contribution in [3.63, 3.8) is 0 Å². The minimum atomic E-state index is -0.406. The largest absolute Gasteiger partial charge is 0.398 e. The van der Waals surface area contributed by atoms with Crippen LogP contribution >= 0.6 is 11.6 Å². The van der Waals surface area contributed by atoms with Gasteiger partial charge in [-0.25, -0.2) is 4.39 Å². The highest BCUT2D eigenvalue weighted by Gasteiger charge is 2.16. The average molecular weight is 304 g/mol. The number of nitrogens with two attached hydrogens (primary N) is 1. The van der Waals surface area contributed by atoms with Gasteiger partial charge in [0.2, 0.25) is 0 Å². The van der Waals surface area contributed by atoms with Crippen molar-refractivity contribution < 1.29 is 4.39 Å². The first-order valence-electron chi connectivity index (χ1n) is 6.16. The molecule has 0 radical (unpaired) electrons. The van der Waals surface area contributed by atoms with Gasteiger partial charge in [0.15, 0.2) is 5.82 Å². The maximum Gasteiger partial charge on any atom is 0.189 e.